The molecule has 0 bridgehead atoms. The molecule has 0 radical (unpaired) electrons. The van der Waals surface area contributed by atoms with Gasteiger partial charge in [0.1, 0.15) is 0 Å². The van der Waals surface area contributed by atoms with Crippen molar-refractivity contribution in [2.45, 2.75) is 93.0 Å². The first-order valence-corrected chi connectivity index (χ1v) is 8.55. The number of aromatic nitrogens is 3. The zero-order valence-corrected chi connectivity index (χ0v) is 15.1. The lowest BCUT2D eigenvalue weighted by Gasteiger charge is -2.17. The van der Waals surface area contributed by atoms with Crippen LogP contribution in [0.5, 0.6) is 0 Å². The molecule has 0 aromatic carbocycles. The van der Waals surface area contributed by atoms with Crippen molar-refractivity contribution in [2.24, 2.45) is 10.8 Å². The highest BCUT2D eigenvalue weighted by atomic mass is 15.4. The first-order chi connectivity index (χ1) is 9.66. The topological polar surface area (TPSA) is 30.7 Å². The van der Waals surface area contributed by atoms with Gasteiger partial charge in [-0.3, -0.25) is 4.68 Å². The fourth-order valence-electron chi connectivity index (χ4n) is 2.45. The Labute approximate surface area is 131 Å². The zero-order chi connectivity index (χ0) is 15.9. The van der Waals surface area contributed by atoms with Gasteiger partial charge in [0.15, 0.2) is 0 Å². The highest BCUT2D eigenvalue weighted by molar-refractivity contribution is 4.92. The minimum absolute atomic E-state index is 0.445. The maximum atomic E-state index is 4.29. The molecule has 0 amide bonds. The predicted molar refractivity (Wildman–Crippen MR) is 90.3 cm³/mol. The van der Waals surface area contributed by atoms with Gasteiger partial charge in [-0.2, -0.15) is 0 Å². The third-order valence-electron chi connectivity index (χ3n) is 3.76. The molecule has 3 nitrogen and oxygen atoms in total. The van der Waals surface area contributed by atoms with Gasteiger partial charge in [-0.05, 0) is 42.9 Å². The number of aryl methyl sites for hydroxylation is 2. The first-order valence-electron chi connectivity index (χ1n) is 8.55. The average Bonchev–Trinajstić information content (AvgIpc) is 2.76. The third-order valence-corrected chi connectivity index (χ3v) is 3.76. The highest BCUT2D eigenvalue weighted by Crippen LogP contribution is 2.22. The Hall–Kier alpha value is -0.860. The second-order valence-electron chi connectivity index (χ2n) is 8.76. The quantitative estimate of drug-likeness (QED) is 0.613. The summed E-state index contributed by atoms with van der Waals surface area (Å²) >= 11 is 0. The Morgan fingerprint density at radius 1 is 0.857 bits per heavy atom. The summed E-state index contributed by atoms with van der Waals surface area (Å²) in [5.41, 5.74) is 2.05. The van der Waals surface area contributed by atoms with Gasteiger partial charge < -0.3 is 0 Å². The minimum atomic E-state index is 0.445. The van der Waals surface area contributed by atoms with E-state index in [1.54, 1.807) is 0 Å². The molecular formula is C18H35N3. The molecule has 0 unspecified atom stereocenters. The molecule has 0 saturated carbocycles. The molecule has 21 heavy (non-hydrogen) atoms. The smallest absolute Gasteiger partial charge is 0.0827 e. The van der Waals surface area contributed by atoms with Gasteiger partial charge in [-0.1, -0.05) is 59.6 Å². The van der Waals surface area contributed by atoms with E-state index in [0.717, 1.165) is 18.7 Å². The molecule has 1 heterocycles. The van der Waals surface area contributed by atoms with Crippen LogP contribution in [0.1, 0.15) is 85.8 Å². The summed E-state index contributed by atoms with van der Waals surface area (Å²) in [4.78, 5) is 0. The Balaban J connectivity index is 2.18. The zero-order valence-electron chi connectivity index (χ0n) is 15.1. The number of rotatable bonds is 8. The molecule has 3 heteroatoms. The second-order valence-corrected chi connectivity index (χ2v) is 8.76. The van der Waals surface area contributed by atoms with E-state index < -0.39 is 0 Å². The lowest BCUT2D eigenvalue weighted by molar-refractivity contribution is 0.352. The molecular weight excluding hydrogens is 258 g/mol. The van der Waals surface area contributed by atoms with Crippen molar-refractivity contribution in [3.63, 3.8) is 0 Å². The van der Waals surface area contributed by atoms with Crippen molar-refractivity contribution in [3.8, 4) is 0 Å². The molecule has 0 atom stereocenters. The van der Waals surface area contributed by atoms with E-state index >= 15 is 0 Å². The monoisotopic (exact) mass is 293 g/mol. The summed E-state index contributed by atoms with van der Waals surface area (Å²) in [6.07, 6.45) is 10.7. The fourth-order valence-corrected chi connectivity index (χ4v) is 2.45. The largest absolute Gasteiger partial charge is 0.252 e. The van der Waals surface area contributed by atoms with Crippen molar-refractivity contribution >= 4 is 0 Å². The molecule has 0 aliphatic rings. The summed E-state index contributed by atoms with van der Waals surface area (Å²) < 4.78 is 2.02. The van der Waals surface area contributed by atoms with Gasteiger partial charge in [0, 0.05) is 12.7 Å². The lowest BCUT2D eigenvalue weighted by atomic mass is 9.89. The lowest BCUT2D eigenvalue weighted by Crippen LogP contribution is -2.06. The van der Waals surface area contributed by atoms with Crippen LogP contribution in [0, 0.1) is 10.8 Å². The standard InChI is InChI=1S/C18H35N3/c1-17(2,3)12-8-7-11-16-15-21(20-19-16)14-10-9-13-18(4,5)6/h15H,7-14H2,1-6H3. The number of hydrogen-bond donors (Lipinski definition) is 0. The van der Waals surface area contributed by atoms with Crippen molar-refractivity contribution in [1.29, 1.82) is 0 Å². The number of hydrogen-bond acceptors (Lipinski definition) is 2. The van der Waals surface area contributed by atoms with E-state index in [1.807, 2.05) is 4.68 Å². The molecule has 1 aromatic rings. The van der Waals surface area contributed by atoms with Gasteiger partial charge in [-0.25, -0.2) is 0 Å². The summed E-state index contributed by atoms with van der Waals surface area (Å²) in [5, 5.41) is 8.53. The Bertz CT molecular complexity index is 357. The molecule has 0 aliphatic carbocycles. The maximum Gasteiger partial charge on any atom is 0.0827 e. The maximum absolute atomic E-state index is 4.29. The van der Waals surface area contributed by atoms with Gasteiger partial charge in [0.2, 0.25) is 0 Å². The van der Waals surface area contributed by atoms with E-state index in [9.17, 15) is 0 Å². The van der Waals surface area contributed by atoms with E-state index in [-0.39, 0.29) is 0 Å². The summed E-state index contributed by atoms with van der Waals surface area (Å²) in [6, 6.07) is 0. The van der Waals surface area contributed by atoms with E-state index in [0.29, 0.717) is 10.8 Å². The summed E-state index contributed by atoms with van der Waals surface area (Å²) in [6.45, 7) is 14.8. The average molecular weight is 293 g/mol. The van der Waals surface area contributed by atoms with Crippen LogP contribution < -0.4 is 0 Å². The third kappa shape index (κ3) is 9.65. The van der Waals surface area contributed by atoms with Crippen LogP contribution >= 0.6 is 0 Å². The van der Waals surface area contributed by atoms with Crippen LogP contribution in [0.15, 0.2) is 6.20 Å². The summed E-state index contributed by atoms with van der Waals surface area (Å²) in [5.74, 6) is 0. The normalized spacial score (nSPS) is 12.9. The molecule has 0 fully saturated rings. The van der Waals surface area contributed by atoms with E-state index in [2.05, 4.69) is 58.1 Å². The van der Waals surface area contributed by atoms with Crippen LogP contribution in [-0.2, 0) is 13.0 Å². The molecule has 0 spiro atoms. The molecule has 1 rings (SSSR count). The Kier molecular flexibility index (Phi) is 6.89. The van der Waals surface area contributed by atoms with Crippen LogP contribution in [0.2, 0.25) is 0 Å². The molecule has 0 saturated heterocycles. The van der Waals surface area contributed by atoms with E-state index in [4.69, 9.17) is 0 Å². The fraction of sp³-hybridized carbons (Fsp3) is 0.889. The summed E-state index contributed by atoms with van der Waals surface area (Å²) in [7, 11) is 0. The minimum Gasteiger partial charge on any atom is -0.252 e. The van der Waals surface area contributed by atoms with Crippen molar-refractivity contribution in [2.75, 3.05) is 0 Å². The van der Waals surface area contributed by atoms with Crippen molar-refractivity contribution in [3.05, 3.63) is 11.9 Å². The van der Waals surface area contributed by atoms with Crippen molar-refractivity contribution in [1.82, 2.24) is 15.0 Å². The second kappa shape index (κ2) is 7.95. The number of unbranched alkanes of at least 4 members (excludes halogenated alkanes) is 2. The molecule has 122 valence electrons. The van der Waals surface area contributed by atoms with Gasteiger partial charge in [-0.15, -0.1) is 5.10 Å². The van der Waals surface area contributed by atoms with Crippen molar-refractivity contribution < 1.29 is 0 Å². The first kappa shape index (κ1) is 18.2. The molecule has 0 N–H and O–H groups in total. The highest BCUT2D eigenvalue weighted by Gasteiger charge is 2.10. The SMILES string of the molecule is CC(C)(C)CCCCc1cn(CCCCC(C)(C)C)nn1. The van der Waals surface area contributed by atoms with Gasteiger partial charge >= 0.3 is 0 Å². The Morgan fingerprint density at radius 3 is 2.00 bits per heavy atom. The van der Waals surface area contributed by atoms with Crippen LogP contribution in [-0.4, -0.2) is 15.0 Å². The van der Waals surface area contributed by atoms with Gasteiger partial charge in [0.25, 0.3) is 0 Å². The Morgan fingerprint density at radius 2 is 1.43 bits per heavy atom. The van der Waals surface area contributed by atoms with E-state index in [1.165, 1.54) is 38.5 Å². The molecule has 1 aromatic heterocycles. The van der Waals surface area contributed by atoms with Crippen LogP contribution in [0.4, 0.5) is 0 Å². The van der Waals surface area contributed by atoms with Crippen LogP contribution in [0.25, 0.3) is 0 Å². The molecule has 0 aliphatic heterocycles. The van der Waals surface area contributed by atoms with Gasteiger partial charge in [0.05, 0.1) is 5.69 Å². The number of nitrogens with zero attached hydrogens (tertiary/aromatic N) is 3. The van der Waals surface area contributed by atoms with Crippen LogP contribution in [0.3, 0.4) is 0 Å². The predicted octanol–water partition coefficient (Wildman–Crippen LogP) is 5.25.